The molecular formula is C16H22ClNO4. The van der Waals surface area contributed by atoms with E-state index in [1.165, 1.54) is 7.11 Å². The third kappa shape index (κ3) is 5.66. The number of hydrogen-bond donors (Lipinski definition) is 0. The molecule has 122 valence electrons. The molecule has 0 fully saturated rings. The standard InChI is InChI=1S/C16H22ClNO4/c1-12(16(20)22-3)11-18(9-4-10-21-2)15(19)13-5-7-14(17)8-6-13/h5-8,12H,4,9-11H2,1-3H3. The fraction of sp³-hybridized carbons (Fsp3) is 0.500. The molecule has 1 unspecified atom stereocenters. The first kappa shape index (κ1) is 18.5. The summed E-state index contributed by atoms with van der Waals surface area (Å²) in [4.78, 5) is 25.8. The maximum absolute atomic E-state index is 12.6. The molecule has 5 nitrogen and oxygen atoms in total. The number of halogens is 1. The van der Waals surface area contributed by atoms with E-state index in [4.69, 9.17) is 21.1 Å². The molecule has 0 spiro atoms. The van der Waals surface area contributed by atoms with Gasteiger partial charge in [-0.25, -0.2) is 0 Å². The Hall–Kier alpha value is -1.59. The van der Waals surface area contributed by atoms with Crippen LogP contribution in [-0.4, -0.2) is 50.7 Å². The molecule has 0 saturated heterocycles. The molecule has 0 aromatic heterocycles. The topological polar surface area (TPSA) is 55.8 Å². The highest BCUT2D eigenvalue weighted by atomic mass is 35.5. The highest BCUT2D eigenvalue weighted by molar-refractivity contribution is 6.30. The number of esters is 1. The molecular weight excluding hydrogens is 306 g/mol. The molecule has 1 atom stereocenters. The average Bonchev–Trinajstić information content (AvgIpc) is 2.53. The Balaban J connectivity index is 2.81. The maximum atomic E-state index is 12.6. The second-order valence-corrected chi connectivity index (χ2v) is 5.47. The van der Waals surface area contributed by atoms with Gasteiger partial charge < -0.3 is 14.4 Å². The number of nitrogens with zero attached hydrogens (tertiary/aromatic N) is 1. The molecule has 0 radical (unpaired) electrons. The van der Waals surface area contributed by atoms with Crippen LogP contribution in [0.1, 0.15) is 23.7 Å². The van der Waals surface area contributed by atoms with Crippen molar-refractivity contribution in [3.63, 3.8) is 0 Å². The zero-order valence-corrected chi connectivity index (χ0v) is 13.9. The minimum absolute atomic E-state index is 0.136. The van der Waals surface area contributed by atoms with Crippen LogP contribution >= 0.6 is 11.6 Å². The molecule has 0 aliphatic carbocycles. The van der Waals surface area contributed by atoms with Gasteiger partial charge >= 0.3 is 5.97 Å². The second-order valence-electron chi connectivity index (χ2n) is 5.03. The molecule has 1 aromatic rings. The molecule has 0 heterocycles. The Morgan fingerprint density at radius 2 is 1.86 bits per heavy atom. The van der Waals surface area contributed by atoms with E-state index in [1.54, 1.807) is 43.2 Å². The van der Waals surface area contributed by atoms with E-state index in [-0.39, 0.29) is 17.8 Å². The van der Waals surface area contributed by atoms with Gasteiger partial charge in [0, 0.05) is 37.4 Å². The zero-order chi connectivity index (χ0) is 16.5. The minimum atomic E-state index is -0.385. The van der Waals surface area contributed by atoms with Crippen molar-refractivity contribution in [3.8, 4) is 0 Å². The summed E-state index contributed by atoms with van der Waals surface area (Å²) in [5, 5.41) is 0.574. The Labute approximate surface area is 136 Å². The number of amides is 1. The molecule has 6 heteroatoms. The van der Waals surface area contributed by atoms with Crippen molar-refractivity contribution in [1.82, 2.24) is 4.90 Å². The first-order chi connectivity index (χ1) is 10.5. The molecule has 0 aliphatic heterocycles. The van der Waals surface area contributed by atoms with Gasteiger partial charge in [0.1, 0.15) is 0 Å². The van der Waals surface area contributed by atoms with Crippen LogP contribution in [0.2, 0.25) is 5.02 Å². The summed E-state index contributed by atoms with van der Waals surface area (Å²) in [7, 11) is 2.96. The summed E-state index contributed by atoms with van der Waals surface area (Å²) in [5.74, 6) is -0.854. The molecule has 0 bridgehead atoms. The number of carbonyl (C=O) groups is 2. The van der Waals surface area contributed by atoms with Gasteiger partial charge in [-0.15, -0.1) is 0 Å². The quantitative estimate of drug-likeness (QED) is 0.544. The van der Waals surface area contributed by atoms with E-state index in [1.807, 2.05) is 0 Å². The van der Waals surface area contributed by atoms with Crippen molar-refractivity contribution in [1.29, 1.82) is 0 Å². The lowest BCUT2D eigenvalue weighted by Crippen LogP contribution is -2.38. The summed E-state index contributed by atoms with van der Waals surface area (Å²) in [6.07, 6.45) is 0.698. The monoisotopic (exact) mass is 327 g/mol. The highest BCUT2D eigenvalue weighted by Crippen LogP contribution is 2.13. The van der Waals surface area contributed by atoms with Crippen molar-refractivity contribution in [2.75, 3.05) is 33.9 Å². The van der Waals surface area contributed by atoms with Gasteiger partial charge in [0.2, 0.25) is 0 Å². The molecule has 22 heavy (non-hydrogen) atoms. The molecule has 0 aliphatic rings. The SMILES string of the molecule is COCCCN(CC(C)C(=O)OC)C(=O)c1ccc(Cl)cc1. The van der Waals surface area contributed by atoms with Gasteiger partial charge in [0.25, 0.3) is 5.91 Å². The third-order valence-corrected chi connectivity index (χ3v) is 3.50. The highest BCUT2D eigenvalue weighted by Gasteiger charge is 2.22. The number of carbonyl (C=O) groups excluding carboxylic acids is 2. The zero-order valence-electron chi connectivity index (χ0n) is 13.2. The van der Waals surface area contributed by atoms with E-state index in [2.05, 4.69) is 0 Å². The summed E-state index contributed by atoms with van der Waals surface area (Å²) in [6.45, 7) is 3.11. The largest absolute Gasteiger partial charge is 0.469 e. The second kappa shape index (κ2) is 9.43. The van der Waals surface area contributed by atoms with E-state index < -0.39 is 0 Å². The molecule has 0 saturated carbocycles. The van der Waals surface area contributed by atoms with Crippen molar-refractivity contribution in [3.05, 3.63) is 34.9 Å². The first-order valence-corrected chi connectivity index (χ1v) is 7.49. The average molecular weight is 328 g/mol. The minimum Gasteiger partial charge on any atom is -0.469 e. The van der Waals surface area contributed by atoms with Crippen LogP contribution < -0.4 is 0 Å². The van der Waals surface area contributed by atoms with Gasteiger partial charge in [0.15, 0.2) is 0 Å². The number of benzene rings is 1. The lowest BCUT2D eigenvalue weighted by atomic mass is 10.1. The number of ether oxygens (including phenoxy) is 2. The lowest BCUT2D eigenvalue weighted by molar-refractivity contribution is -0.145. The fourth-order valence-electron chi connectivity index (χ4n) is 2.06. The maximum Gasteiger partial charge on any atom is 0.310 e. The van der Waals surface area contributed by atoms with Crippen molar-refractivity contribution in [2.24, 2.45) is 5.92 Å². The Kier molecular flexibility index (Phi) is 7.91. The number of hydrogen-bond acceptors (Lipinski definition) is 4. The lowest BCUT2D eigenvalue weighted by Gasteiger charge is -2.25. The predicted octanol–water partition coefficient (Wildman–Crippen LogP) is 2.63. The number of rotatable bonds is 8. The molecule has 1 amide bonds. The van der Waals surface area contributed by atoms with Crippen LogP contribution in [0.25, 0.3) is 0 Å². The van der Waals surface area contributed by atoms with E-state index in [0.29, 0.717) is 36.7 Å². The van der Waals surface area contributed by atoms with Crippen molar-refractivity contribution >= 4 is 23.5 Å². The van der Waals surface area contributed by atoms with Gasteiger partial charge in [-0.2, -0.15) is 0 Å². The van der Waals surface area contributed by atoms with Crippen LogP contribution in [0.5, 0.6) is 0 Å². The van der Waals surface area contributed by atoms with Crippen molar-refractivity contribution in [2.45, 2.75) is 13.3 Å². The summed E-state index contributed by atoms with van der Waals surface area (Å²) >= 11 is 5.84. The van der Waals surface area contributed by atoms with E-state index >= 15 is 0 Å². The summed E-state index contributed by atoms with van der Waals surface area (Å²) in [6, 6.07) is 6.70. The predicted molar refractivity (Wildman–Crippen MR) is 85.0 cm³/mol. The summed E-state index contributed by atoms with van der Waals surface area (Å²) in [5.41, 5.74) is 0.541. The normalized spacial score (nSPS) is 11.8. The van der Waals surface area contributed by atoms with Crippen LogP contribution in [-0.2, 0) is 14.3 Å². The summed E-state index contributed by atoms with van der Waals surface area (Å²) < 4.78 is 9.74. The molecule has 1 aromatic carbocycles. The Morgan fingerprint density at radius 3 is 2.41 bits per heavy atom. The molecule has 1 rings (SSSR count). The first-order valence-electron chi connectivity index (χ1n) is 7.11. The molecule has 0 N–H and O–H groups in total. The van der Waals surface area contributed by atoms with Crippen LogP contribution in [0.4, 0.5) is 0 Å². The fourth-order valence-corrected chi connectivity index (χ4v) is 2.18. The Morgan fingerprint density at radius 1 is 1.23 bits per heavy atom. The van der Waals surface area contributed by atoms with Crippen LogP contribution in [0, 0.1) is 5.92 Å². The smallest absolute Gasteiger partial charge is 0.310 e. The number of methoxy groups -OCH3 is 2. The van der Waals surface area contributed by atoms with E-state index in [9.17, 15) is 9.59 Å². The third-order valence-electron chi connectivity index (χ3n) is 3.25. The van der Waals surface area contributed by atoms with Gasteiger partial charge in [-0.1, -0.05) is 18.5 Å². The Bertz CT molecular complexity index is 489. The van der Waals surface area contributed by atoms with Crippen molar-refractivity contribution < 1.29 is 19.1 Å². The van der Waals surface area contributed by atoms with Gasteiger partial charge in [0.05, 0.1) is 13.0 Å². The van der Waals surface area contributed by atoms with E-state index in [0.717, 1.165) is 0 Å². The van der Waals surface area contributed by atoms with Gasteiger partial charge in [-0.05, 0) is 30.7 Å². The van der Waals surface area contributed by atoms with Gasteiger partial charge in [-0.3, -0.25) is 9.59 Å². The van der Waals surface area contributed by atoms with Crippen LogP contribution in [0.3, 0.4) is 0 Å². The van der Waals surface area contributed by atoms with Crippen LogP contribution in [0.15, 0.2) is 24.3 Å².